The van der Waals surface area contributed by atoms with Gasteiger partial charge in [0.1, 0.15) is 11.5 Å². The standard InChI is InChI=1S/C17H20N2O2/c18-11-15(19)14(9-12-5-1-3-7-16(12)20)10-13-6-2-4-8-17(13)21/h1-9,15,20-21H,10-11,18-19H2. The Morgan fingerprint density at radius 3 is 2.24 bits per heavy atom. The van der Waals surface area contributed by atoms with Crippen molar-refractivity contribution >= 4 is 6.08 Å². The van der Waals surface area contributed by atoms with Gasteiger partial charge in [0.25, 0.3) is 0 Å². The summed E-state index contributed by atoms with van der Waals surface area (Å²) in [5, 5.41) is 19.8. The molecule has 2 aromatic carbocycles. The average Bonchev–Trinajstić information content (AvgIpc) is 2.50. The minimum Gasteiger partial charge on any atom is -0.508 e. The SMILES string of the molecule is NCC(N)C(=Cc1ccccc1O)Cc1ccccc1O. The van der Waals surface area contributed by atoms with Crippen LogP contribution >= 0.6 is 0 Å². The van der Waals surface area contributed by atoms with E-state index >= 15 is 0 Å². The summed E-state index contributed by atoms with van der Waals surface area (Å²) in [6.45, 7) is 0.299. The monoisotopic (exact) mass is 284 g/mol. The van der Waals surface area contributed by atoms with Crippen molar-refractivity contribution < 1.29 is 10.2 Å². The Balaban J connectivity index is 2.36. The van der Waals surface area contributed by atoms with E-state index in [1.165, 1.54) is 0 Å². The van der Waals surface area contributed by atoms with Gasteiger partial charge < -0.3 is 21.7 Å². The smallest absolute Gasteiger partial charge is 0.122 e. The van der Waals surface area contributed by atoms with Gasteiger partial charge in [0.2, 0.25) is 0 Å². The van der Waals surface area contributed by atoms with Gasteiger partial charge in [0, 0.05) is 18.2 Å². The molecule has 0 aliphatic carbocycles. The molecule has 110 valence electrons. The lowest BCUT2D eigenvalue weighted by atomic mass is 9.96. The van der Waals surface area contributed by atoms with Gasteiger partial charge in [-0.3, -0.25) is 0 Å². The van der Waals surface area contributed by atoms with E-state index in [1.807, 2.05) is 30.3 Å². The van der Waals surface area contributed by atoms with Crippen molar-refractivity contribution in [2.75, 3.05) is 6.54 Å². The van der Waals surface area contributed by atoms with Gasteiger partial charge in [-0.05, 0) is 29.7 Å². The lowest BCUT2D eigenvalue weighted by Crippen LogP contribution is -2.32. The zero-order chi connectivity index (χ0) is 15.2. The molecule has 0 bridgehead atoms. The van der Waals surface area contributed by atoms with Gasteiger partial charge in [-0.1, -0.05) is 42.5 Å². The fraction of sp³-hybridized carbons (Fsp3) is 0.176. The van der Waals surface area contributed by atoms with Crippen molar-refractivity contribution in [3.05, 3.63) is 65.2 Å². The van der Waals surface area contributed by atoms with E-state index in [1.54, 1.807) is 24.3 Å². The second kappa shape index (κ2) is 6.92. The number of phenols is 2. The molecule has 0 fully saturated rings. The maximum Gasteiger partial charge on any atom is 0.122 e. The van der Waals surface area contributed by atoms with Crippen LogP contribution < -0.4 is 11.5 Å². The van der Waals surface area contributed by atoms with Crippen molar-refractivity contribution in [2.45, 2.75) is 12.5 Å². The molecule has 0 spiro atoms. The molecule has 2 aromatic rings. The summed E-state index contributed by atoms with van der Waals surface area (Å²) in [4.78, 5) is 0. The molecular weight excluding hydrogens is 264 g/mol. The minimum atomic E-state index is -0.329. The van der Waals surface area contributed by atoms with Crippen LogP contribution in [0.5, 0.6) is 11.5 Å². The van der Waals surface area contributed by atoms with Crippen LogP contribution in [-0.2, 0) is 6.42 Å². The molecule has 0 aromatic heterocycles. The lowest BCUT2D eigenvalue weighted by Gasteiger charge is -2.16. The molecule has 0 saturated carbocycles. The molecule has 0 saturated heterocycles. The Kier molecular flexibility index (Phi) is 4.98. The number of benzene rings is 2. The van der Waals surface area contributed by atoms with Crippen LogP contribution in [0.4, 0.5) is 0 Å². The van der Waals surface area contributed by atoms with Crippen LogP contribution in [0.1, 0.15) is 11.1 Å². The highest BCUT2D eigenvalue weighted by atomic mass is 16.3. The number of para-hydroxylation sites is 2. The Morgan fingerprint density at radius 1 is 1.00 bits per heavy atom. The lowest BCUT2D eigenvalue weighted by molar-refractivity contribution is 0.469. The Bertz CT molecular complexity index is 638. The third-order valence-electron chi connectivity index (χ3n) is 3.39. The maximum atomic E-state index is 9.89. The quantitative estimate of drug-likeness (QED) is 0.676. The highest BCUT2D eigenvalue weighted by Crippen LogP contribution is 2.24. The summed E-state index contributed by atoms with van der Waals surface area (Å²) in [5.74, 6) is 0.418. The van der Waals surface area contributed by atoms with Crippen molar-refractivity contribution in [2.24, 2.45) is 11.5 Å². The fourth-order valence-electron chi connectivity index (χ4n) is 2.13. The van der Waals surface area contributed by atoms with Crippen molar-refractivity contribution in [3.63, 3.8) is 0 Å². The first kappa shape index (κ1) is 15.1. The third-order valence-corrected chi connectivity index (χ3v) is 3.39. The van der Waals surface area contributed by atoms with E-state index in [0.717, 1.165) is 11.1 Å². The van der Waals surface area contributed by atoms with E-state index in [-0.39, 0.29) is 17.5 Å². The van der Waals surface area contributed by atoms with Crippen molar-refractivity contribution in [3.8, 4) is 11.5 Å². The molecule has 0 radical (unpaired) electrons. The summed E-state index contributed by atoms with van der Waals surface area (Å²) < 4.78 is 0. The summed E-state index contributed by atoms with van der Waals surface area (Å²) in [6.07, 6.45) is 2.32. The van der Waals surface area contributed by atoms with Gasteiger partial charge >= 0.3 is 0 Å². The highest BCUT2D eigenvalue weighted by molar-refractivity contribution is 5.61. The molecule has 0 amide bonds. The summed E-state index contributed by atoms with van der Waals surface area (Å²) >= 11 is 0. The van der Waals surface area contributed by atoms with Crippen LogP contribution in [0.2, 0.25) is 0 Å². The van der Waals surface area contributed by atoms with Gasteiger partial charge in [-0.2, -0.15) is 0 Å². The first-order valence-electron chi connectivity index (χ1n) is 6.82. The van der Waals surface area contributed by atoms with Gasteiger partial charge in [-0.15, -0.1) is 0 Å². The average molecular weight is 284 g/mol. The van der Waals surface area contributed by atoms with Crippen LogP contribution in [0.3, 0.4) is 0 Å². The predicted octanol–water partition coefficient (Wildman–Crippen LogP) is 2.01. The van der Waals surface area contributed by atoms with Gasteiger partial charge in [0.15, 0.2) is 0 Å². The summed E-state index contributed by atoms with van der Waals surface area (Å²) in [7, 11) is 0. The molecule has 2 rings (SSSR count). The topological polar surface area (TPSA) is 92.5 Å². The normalized spacial score (nSPS) is 13.1. The predicted molar refractivity (Wildman–Crippen MR) is 84.9 cm³/mol. The van der Waals surface area contributed by atoms with E-state index < -0.39 is 0 Å². The molecule has 0 aliphatic rings. The Hall–Kier alpha value is -2.30. The fourth-order valence-corrected chi connectivity index (χ4v) is 2.13. The number of nitrogens with two attached hydrogens (primary N) is 2. The number of hydrogen-bond donors (Lipinski definition) is 4. The molecule has 1 unspecified atom stereocenters. The molecule has 1 atom stereocenters. The van der Waals surface area contributed by atoms with Crippen molar-refractivity contribution in [1.29, 1.82) is 0 Å². The maximum absolute atomic E-state index is 9.89. The molecule has 0 heterocycles. The second-order valence-corrected chi connectivity index (χ2v) is 4.93. The highest BCUT2D eigenvalue weighted by Gasteiger charge is 2.11. The molecule has 4 heteroatoms. The zero-order valence-corrected chi connectivity index (χ0v) is 11.7. The van der Waals surface area contributed by atoms with Crippen LogP contribution in [0.15, 0.2) is 54.1 Å². The van der Waals surface area contributed by atoms with Gasteiger partial charge in [0.05, 0.1) is 0 Å². The Morgan fingerprint density at radius 2 is 1.62 bits per heavy atom. The summed E-state index contributed by atoms with van der Waals surface area (Å²) in [6, 6.07) is 13.8. The number of phenolic OH excluding ortho intramolecular Hbond substituents is 2. The first-order chi connectivity index (χ1) is 10.1. The number of aromatic hydroxyl groups is 2. The van der Waals surface area contributed by atoms with Crippen LogP contribution in [0, 0.1) is 0 Å². The van der Waals surface area contributed by atoms with E-state index in [2.05, 4.69) is 0 Å². The molecule has 21 heavy (non-hydrogen) atoms. The molecule has 0 aliphatic heterocycles. The summed E-state index contributed by atoms with van der Waals surface area (Å²) in [5.41, 5.74) is 14.1. The minimum absolute atomic E-state index is 0.191. The van der Waals surface area contributed by atoms with Gasteiger partial charge in [-0.25, -0.2) is 0 Å². The van der Waals surface area contributed by atoms with Crippen molar-refractivity contribution in [1.82, 2.24) is 0 Å². The first-order valence-corrected chi connectivity index (χ1v) is 6.82. The largest absolute Gasteiger partial charge is 0.508 e. The molecular formula is C17H20N2O2. The third kappa shape index (κ3) is 3.84. The van der Waals surface area contributed by atoms with Crippen LogP contribution in [-0.4, -0.2) is 22.8 Å². The number of hydrogen-bond acceptors (Lipinski definition) is 4. The zero-order valence-electron chi connectivity index (χ0n) is 11.7. The number of rotatable bonds is 5. The molecule has 4 nitrogen and oxygen atoms in total. The molecule has 6 N–H and O–H groups in total. The second-order valence-electron chi connectivity index (χ2n) is 4.93. The van der Waals surface area contributed by atoms with E-state index in [4.69, 9.17) is 11.5 Å². The van der Waals surface area contributed by atoms with Crippen LogP contribution in [0.25, 0.3) is 6.08 Å². The van der Waals surface area contributed by atoms with E-state index in [9.17, 15) is 10.2 Å². The van der Waals surface area contributed by atoms with E-state index in [0.29, 0.717) is 18.5 Å². The Labute approximate surface area is 124 Å².